The van der Waals surface area contributed by atoms with Gasteiger partial charge in [0.15, 0.2) is 5.03 Å². The van der Waals surface area contributed by atoms with Gasteiger partial charge in [-0.25, -0.2) is 18.1 Å². The van der Waals surface area contributed by atoms with Crippen LogP contribution in [-0.4, -0.2) is 39.9 Å². The minimum Gasteiger partial charge on any atom is -0.491 e. The number of benzene rings is 1. The lowest BCUT2D eigenvalue weighted by molar-refractivity contribution is 0.198. The Morgan fingerprint density at radius 3 is 2.88 bits per heavy atom. The molecule has 9 nitrogen and oxygen atoms in total. The van der Waals surface area contributed by atoms with Gasteiger partial charge in [-0.1, -0.05) is 0 Å². The number of sulfone groups is 1. The molecule has 0 fully saturated rings. The Balaban J connectivity index is 1.48. The maximum absolute atomic E-state index is 12.9. The highest BCUT2D eigenvalue weighted by Gasteiger charge is 2.23. The molecule has 4 heterocycles. The van der Waals surface area contributed by atoms with Gasteiger partial charge in [0, 0.05) is 17.2 Å². The predicted octanol–water partition coefficient (Wildman–Crippen LogP) is 2.12. The number of hydrogen-bond donors (Lipinski definition) is 1. The van der Waals surface area contributed by atoms with Gasteiger partial charge in [-0.05, 0) is 37.3 Å². The molecule has 32 heavy (non-hydrogen) atoms. The van der Waals surface area contributed by atoms with Crippen molar-refractivity contribution in [3.63, 3.8) is 0 Å². The van der Waals surface area contributed by atoms with Crippen molar-refractivity contribution in [1.82, 2.24) is 19.7 Å². The van der Waals surface area contributed by atoms with Crippen molar-refractivity contribution in [2.24, 2.45) is 0 Å². The highest BCUT2D eigenvalue weighted by Crippen LogP contribution is 2.27. The summed E-state index contributed by atoms with van der Waals surface area (Å²) in [6.07, 6.45) is 1.35. The molecule has 3 aromatic heterocycles. The summed E-state index contributed by atoms with van der Waals surface area (Å²) >= 11 is 1.08. The molecule has 1 N–H and O–H groups in total. The summed E-state index contributed by atoms with van der Waals surface area (Å²) in [6.45, 7) is 2.32. The normalized spacial score (nSPS) is 14.3. The maximum atomic E-state index is 12.9. The smallest absolute Gasteiger partial charge is 0.274 e. The third kappa shape index (κ3) is 3.57. The van der Waals surface area contributed by atoms with Crippen LogP contribution in [0, 0.1) is 0 Å². The average Bonchev–Trinajstić information content (AvgIpc) is 3.45. The van der Waals surface area contributed by atoms with Crippen molar-refractivity contribution in [1.29, 1.82) is 0 Å². The van der Waals surface area contributed by atoms with E-state index in [1.54, 1.807) is 6.07 Å². The molecule has 0 radical (unpaired) electrons. The summed E-state index contributed by atoms with van der Waals surface area (Å²) in [4.78, 5) is 21.5. The minimum atomic E-state index is -3.89. The molecular formula is C21H18N4O5S2. The van der Waals surface area contributed by atoms with Crippen LogP contribution in [0.4, 0.5) is 0 Å². The molecule has 0 amide bonds. The quantitative estimate of drug-likeness (QED) is 0.470. The van der Waals surface area contributed by atoms with Gasteiger partial charge in [0.1, 0.15) is 16.9 Å². The molecule has 0 saturated carbocycles. The van der Waals surface area contributed by atoms with E-state index in [0.717, 1.165) is 29.2 Å². The number of rotatable bonds is 5. The summed E-state index contributed by atoms with van der Waals surface area (Å²) in [5.74, 6) is 0.766. The Bertz CT molecular complexity index is 1510. The second-order valence-corrected chi connectivity index (χ2v) is 10.2. The Labute approximate surface area is 186 Å². The van der Waals surface area contributed by atoms with E-state index in [9.17, 15) is 18.3 Å². The minimum absolute atomic E-state index is 0.00619. The molecule has 1 atom stereocenters. The standard InChI is InChI=1S/C21H18N4O5S2/c1-12(26)20-24-19(11-31-20)32(28,29)15-3-4-16-13(8-15)9-22-25(21(16)27)10-14-2-5-18-17(23-14)6-7-30-18/h2-5,8-9,11-12,26H,6-7,10H2,1H3. The highest BCUT2D eigenvalue weighted by atomic mass is 32.2. The number of aliphatic hydroxyl groups excluding tert-OH is 1. The Kier molecular flexibility index (Phi) is 5.03. The first-order chi connectivity index (χ1) is 15.3. The summed E-state index contributed by atoms with van der Waals surface area (Å²) in [5, 5.41) is 16.2. The Morgan fingerprint density at radius 1 is 1.25 bits per heavy atom. The van der Waals surface area contributed by atoms with Crippen LogP contribution >= 0.6 is 11.3 Å². The lowest BCUT2D eigenvalue weighted by atomic mass is 10.2. The lowest BCUT2D eigenvalue weighted by Gasteiger charge is -2.08. The van der Waals surface area contributed by atoms with E-state index in [2.05, 4.69) is 15.1 Å². The first-order valence-electron chi connectivity index (χ1n) is 9.83. The Morgan fingerprint density at radius 2 is 2.09 bits per heavy atom. The van der Waals surface area contributed by atoms with Crippen LogP contribution in [0.2, 0.25) is 0 Å². The number of nitrogens with zero attached hydrogens (tertiary/aromatic N) is 4. The van der Waals surface area contributed by atoms with Gasteiger partial charge in [-0.15, -0.1) is 11.3 Å². The van der Waals surface area contributed by atoms with Crippen molar-refractivity contribution >= 4 is 31.9 Å². The fourth-order valence-corrected chi connectivity index (χ4v) is 5.82. The molecule has 1 aliphatic heterocycles. The third-order valence-corrected chi connectivity index (χ3v) is 7.96. The van der Waals surface area contributed by atoms with Crippen molar-refractivity contribution < 1.29 is 18.3 Å². The van der Waals surface area contributed by atoms with Crippen molar-refractivity contribution in [2.45, 2.75) is 35.9 Å². The SMILES string of the molecule is CC(O)c1nc(S(=O)(=O)c2ccc3c(=O)n(Cc4ccc5c(n4)CCO5)ncc3c2)cs1. The number of ether oxygens (including phenoxy) is 1. The molecule has 1 aromatic carbocycles. The van der Waals surface area contributed by atoms with Gasteiger partial charge in [-0.3, -0.25) is 9.78 Å². The molecule has 0 aliphatic carbocycles. The summed E-state index contributed by atoms with van der Waals surface area (Å²) in [7, 11) is -3.89. The molecule has 0 spiro atoms. The topological polar surface area (TPSA) is 124 Å². The van der Waals surface area contributed by atoms with Crippen LogP contribution in [0.15, 0.2) is 56.6 Å². The monoisotopic (exact) mass is 470 g/mol. The van der Waals surface area contributed by atoms with E-state index in [4.69, 9.17) is 4.74 Å². The summed E-state index contributed by atoms with van der Waals surface area (Å²) in [5.41, 5.74) is 1.22. The van der Waals surface area contributed by atoms with Gasteiger partial charge < -0.3 is 9.84 Å². The summed E-state index contributed by atoms with van der Waals surface area (Å²) < 4.78 is 32.6. The van der Waals surface area contributed by atoms with E-state index in [1.165, 1.54) is 41.4 Å². The molecule has 0 saturated heterocycles. The van der Waals surface area contributed by atoms with Crippen molar-refractivity contribution in [2.75, 3.05) is 6.61 Å². The lowest BCUT2D eigenvalue weighted by Crippen LogP contribution is -2.24. The number of thiazole rings is 1. The highest BCUT2D eigenvalue weighted by molar-refractivity contribution is 7.91. The summed E-state index contributed by atoms with van der Waals surface area (Å²) in [6, 6.07) is 7.92. The molecule has 5 rings (SSSR count). The van der Waals surface area contributed by atoms with E-state index < -0.39 is 15.9 Å². The molecular weight excluding hydrogens is 452 g/mol. The van der Waals surface area contributed by atoms with E-state index >= 15 is 0 Å². The largest absolute Gasteiger partial charge is 0.491 e. The molecule has 1 unspecified atom stereocenters. The first kappa shape index (κ1) is 20.7. The van der Waals surface area contributed by atoms with Crippen LogP contribution < -0.4 is 10.3 Å². The van der Waals surface area contributed by atoms with Gasteiger partial charge in [0.25, 0.3) is 5.56 Å². The first-order valence-corrected chi connectivity index (χ1v) is 12.2. The van der Waals surface area contributed by atoms with E-state index in [0.29, 0.717) is 28.1 Å². The zero-order chi connectivity index (χ0) is 22.5. The molecule has 0 bridgehead atoms. The van der Waals surface area contributed by atoms with Gasteiger partial charge in [0.05, 0.1) is 41.0 Å². The second kappa shape index (κ2) is 7.76. The van der Waals surface area contributed by atoms with E-state index in [1.807, 2.05) is 6.07 Å². The predicted molar refractivity (Wildman–Crippen MR) is 117 cm³/mol. The van der Waals surface area contributed by atoms with Gasteiger partial charge >= 0.3 is 0 Å². The van der Waals surface area contributed by atoms with Gasteiger partial charge in [0.2, 0.25) is 9.84 Å². The molecule has 11 heteroatoms. The Hall–Kier alpha value is -3.15. The van der Waals surface area contributed by atoms with Crippen LogP contribution in [0.3, 0.4) is 0 Å². The maximum Gasteiger partial charge on any atom is 0.274 e. The molecule has 4 aromatic rings. The van der Waals surface area contributed by atoms with Crippen LogP contribution in [-0.2, 0) is 22.8 Å². The number of aliphatic hydroxyl groups is 1. The molecule has 164 valence electrons. The second-order valence-electron chi connectivity index (χ2n) is 7.41. The molecule has 1 aliphatic rings. The van der Waals surface area contributed by atoms with Crippen LogP contribution in [0.5, 0.6) is 5.75 Å². The van der Waals surface area contributed by atoms with Gasteiger partial charge in [-0.2, -0.15) is 5.10 Å². The number of pyridine rings is 1. The van der Waals surface area contributed by atoms with Crippen LogP contribution in [0.25, 0.3) is 10.8 Å². The fourth-order valence-electron chi connectivity index (χ4n) is 3.50. The van der Waals surface area contributed by atoms with Crippen molar-refractivity contribution in [3.05, 3.63) is 68.7 Å². The number of fused-ring (bicyclic) bond motifs is 2. The fraction of sp³-hybridized carbons (Fsp3) is 0.238. The van der Waals surface area contributed by atoms with Crippen LogP contribution in [0.1, 0.15) is 29.4 Å². The number of aromatic nitrogens is 4. The van der Waals surface area contributed by atoms with E-state index in [-0.39, 0.29) is 22.0 Å². The third-order valence-electron chi connectivity index (χ3n) is 5.17. The zero-order valence-electron chi connectivity index (χ0n) is 16.9. The van der Waals surface area contributed by atoms with Crippen molar-refractivity contribution in [3.8, 4) is 5.75 Å². The number of hydrogen-bond acceptors (Lipinski definition) is 9. The average molecular weight is 471 g/mol. The zero-order valence-corrected chi connectivity index (χ0v) is 18.6.